The smallest absolute Gasteiger partial charge is 0.317 e. The first kappa shape index (κ1) is 23.7. The van der Waals surface area contributed by atoms with E-state index in [1.54, 1.807) is 24.5 Å². The molecule has 2 atom stereocenters. The van der Waals surface area contributed by atoms with E-state index >= 15 is 0 Å². The van der Waals surface area contributed by atoms with Crippen LogP contribution in [0.1, 0.15) is 68.3 Å². The van der Waals surface area contributed by atoms with E-state index in [0.717, 1.165) is 31.2 Å². The number of carbonyl (C=O) groups is 2. The molecule has 1 aromatic carbocycles. The Bertz CT molecular complexity index is 1370. The maximum atomic E-state index is 14.9. The predicted molar refractivity (Wildman–Crippen MR) is 131 cm³/mol. The number of ether oxygens (including phenoxy) is 1. The van der Waals surface area contributed by atoms with Gasteiger partial charge in [0.25, 0.3) is 11.3 Å². The third-order valence-corrected chi connectivity index (χ3v) is 8.41. The molecular formula is C28H28FN5O3. The molecule has 2 unspecified atom stereocenters. The van der Waals surface area contributed by atoms with Crippen molar-refractivity contribution in [3.8, 4) is 0 Å². The van der Waals surface area contributed by atoms with Gasteiger partial charge < -0.3 is 9.58 Å². The monoisotopic (exact) mass is 501 g/mol. The number of halogens is 1. The SMILES string of the molecule is [C-]#[N+]C1(c2ccc(CCC3(C4CCCC4)CC(=O)C(Cc4nc5ncccn5n4)C(=O)O3)cc2F)CC1. The third kappa shape index (κ3) is 4.28. The minimum atomic E-state index is -0.938. The van der Waals surface area contributed by atoms with Gasteiger partial charge in [0.2, 0.25) is 0 Å². The van der Waals surface area contributed by atoms with Gasteiger partial charge in [-0.25, -0.2) is 20.5 Å². The Hall–Kier alpha value is -3.67. The Balaban J connectivity index is 1.20. The van der Waals surface area contributed by atoms with Crippen LogP contribution in [-0.2, 0) is 32.7 Å². The largest absolute Gasteiger partial charge is 0.458 e. The van der Waals surface area contributed by atoms with Crippen LogP contribution in [0.3, 0.4) is 0 Å². The Labute approximate surface area is 214 Å². The van der Waals surface area contributed by atoms with Gasteiger partial charge in [-0.15, -0.1) is 5.10 Å². The lowest BCUT2D eigenvalue weighted by molar-refractivity contribution is -0.185. The highest BCUT2D eigenvalue weighted by atomic mass is 19.1. The zero-order chi connectivity index (χ0) is 25.6. The summed E-state index contributed by atoms with van der Waals surface area (Å²) in [5.41, 5.74) is -0.320. The molecule has 0 bridgehead atoms. The number of rotatable bonds is 7. The number of nitrogens with zero attached hydrogens (tertiary/aromatic N) is 5. The molecule has 3 heterocycles. The third-order valence-electron chi connectivity index (χ3n) is 8.41. The van der Waals surface area contributed by atoms with Crippen molar-refractivity contribution in [1.29, 1.82) is 0 Å². The van der Waals surface area contributed by atoms with E-state index in [9.17, 15) is 14.0 Å². The van der Waals surface area contributed by atoms with Crippen molar-refractivity contribution in [2.45, 2.75) is 75.3 Å². The van der Waals surface area contributed by atoms with Crippen molar-refractivity contribution < 1.29 is 18.7 Å². The second-order valence-corrected chi connectivity index (χ2v) is 10.7. The number of benzene rings is 1. The van der Waals surface area contributed by atoms with Crippen molar-refractivity contribution in [3.63, 3.8) is 0 Å². The second-order valence-electron chi connectivity index (χ2n) is 10.7. The lowest BCUT2D eigenvalue weighted by atomic mass is 9.73. The molecule has 0 spiro atoms. The van der Waals surface area contributed by atoms with Gasteiger partial charge in [-0.1, -0.05) is 18.9 Å². The Morgan fingerprint density at radius 1 is 1.22 bits per heavy atom. The van der Waals surface area contributed by atoms with E-state index in [2.05, 4.69) is 19.9 Å². The zero-order valence-corrected chi connectivity index (χ0v) is 20.5. The molecule has 3 aromatic rings. The molecule has 3 fully saturated rings. The van der Waals surface area contributed by atoms with Gasteiger partial charge >= 0.3 is 5.97 Å². The fourth-order valence-electron chi connectivity index (χ4n) is 6.13. The Kier molecular flexibility index (Phi) is 5.78. The van der Waals surface area contributed by atoms with E-state index in [0.29, 0.717) is 42.8 Å². The molecule has 190 valence electrons. The van der Waals surface area contributed by atoms with Crippen molar-refractivity contribution in [1.82, 2.24) is 19.6 Å². The molecule has 1 saturated heterocycles. The number of cyclic esters (lactones) is 1. The zero-order valence-electron chi connectivity index (χ0n) is 20.5. The van der Waals surface area contributed by atoms with E-state index in [1.807, 2.05) is 6.07 Å². The lowest BCUT2D eigenvalue weighted by Crippen LogP contribution is -2.52. The summed E-state index contributed by atoms with van der Waals surface area (Å²) >= 11 is 0. The number of esters is 1. The highest BCUT2D eigenvalue weighted by Gasteiger charge is 2.54. The quantitative estimate of drug-likeness (QED) is 0.271. The predicted octanol–water partition coefficient (Wildman–Crippen LogP) is 4.41. The van der Waals surface area contributed by atoms with Gasteiger partial charge in [0.05, 0.1) is 5.56 Å². The van der Waals surface area contributed by atoms with Crippen LogP contribution in [0.15, 0.2) is 36.7 Å². The summed E-state index contributed by atoms with van der Waals surface area (Å²) in [5.74, 6) is -1.06. The summed E-state index contributed by atoms with van der Waals surface area (Å²) in [5, 5.41) is 4.34. The summed E-state index contributed by atoms with van der Waals surface area (Å²) in [7, 11) is 0. The molecule has 6 rings (SSSR count). The summed E-state index contributed by atoms with van der Waals surface area (Å²) in [6, 6.07) is 6.82. The van der Waals surface area contributed by atoms with Crippen LogP contribution in [0, 0.1) is 24.2 Å². The highest BCUT2D eigenvalue weighted by molar-refractivity contribution is 6.01. The number of Topliss-reactive ketones (excluding diaryl/α,β-unsaturated/α-hetero) is 1. The molecule has 2 aliphatic carbocycles. The number of hydrogen-bond acceptors (Lipinski definition) is 6. The van der Waals surface area contributed by atoms with Crippen molar-refractivity contribution in [3.05, 3.63) is 70.8 Å². The van der Waals surface area contributed by atoms with Crippen LogP contribution in [-0.4, -0.2) is 36.9 Å². The normalized spacial score (nSPS) is 25.2. The molecule has 1 aliphatic heterocycles. The number of aromatic nitrogens is 4. The van der Waals surface area contributed by atoms with Gasteiger partial charge in [0, 0.05) is 38.1 Å². The van der Waals surface area contributed by atoms with Crippen molar-refractivity contribution in [2.75, 3.05) is 0 Å². The molecule has 0 N–H and O–H groups in total. The first-order chi connectivity index (χ1) is 17.9. The molecule has 8 nitrogen and oxygen atoms in total. The van der Waals surface area contributed by atoms with E-state index in [-0.39, 0.29) is 30.4 Å². The van der Waals surface area contributed by atoms with Crippen LogP contribution in [0.2, 0.25) is 0 Å². The highest BCUT2D eigenvalue weighted by Crippen LogP contribution is 2.50. The van der Waals surface area contributed by atoms with E-state index < -0.39 is 23.0 Å². The summed E-state index contributed by atoms with van der Waals surface area (Å²) in [6.07, 6.45) is 9.80. The molecule has 37 heavy (non-hydrogen) atoms. The van der Waals surface area contributed by atoms with E-state index in [4.69, 9.17) is 11.3 Å². The Morgan fingerprint density at radius 2 is 2.03 bits per heavy atom. The van der Waals surface area contributed by atoms with Gasteiger partial charge in [-0.05, 0) is 55.4 Å². The lowest BCUT2D eigenvalue weighted by Gasteiger charge is -2.43. The average Bonchev–Trinajstić information content (AvgIpc) is 3.27. The second kappa shape index (κ2) is 9.02. The number of hydrogen-bond donors (Lipinski definition) is 0. The fraction of sp³-hybridized carbons (Fsp3) is 0.500. The summed E-state index contributed by atoms with van der Waals surface area (Å²) in [4.78, 5) is 38.8. The number of aryl methyl sites for hydroxylation is 1. The maximum Gasteiger partial charge on any atom is 0.317 e. The minimum absolute atomic E-state index is 0.0806. The van der Waals surface area contributed by atoms with Gasteiger partial charge in [0.15, 0.2) is 11.6 Å². The fourth-order valence-corrected chi connectivity index (χ4v) is 6.13. The summed E-state index contributed by atoms with van der Waals surface area (Å²) < 4.78 is 22.6. The van der Waals surface area contributed by atoms with Gasteiger partial charge in [-0.3, -0.25) is 9.59 Å². The summed E-state index contributed by atoms with van der Waals surface area (Å²) in [6.45, 7) is 7.41. The van der Waals surface area contributed by atoms with Gasteiger partial charge in [-0.2, -0.15) is 4.98 Å². The molecule has 3 aliphatic rings. The molecular weight excluding hydrogens is 473 g/mol. The van der Waals surface area contributed by atoms with Crippen molar-refractivity contribution >= 4 is 17.5 Å². The first-order valence-corrected chi connectivity index (χ1v) is 13.0. The van der Waals surface area contributed by atoms with Gasteiger partial charge in [0.1, 0.15) is 17.3 Å². The number of carbonyl (C=O) groups excluding carboxylic acids is 2. The standard InChI is InChI=1S/C28H28FN5O3/c1-30-27(11-12-27)21-8-7-18(15-22(21)29)9-10-28(19-5-2-3-6-19)17-23(35)20(25(36)37-28)16-24-32-26-31-13-4-14-34(26)33-24/h4,7-8,13-15,19-20H,2-3,5-6,9-12,16-17H2. The van der Waals surface area contributed by atoms with E-state index in [1.165, 1.54) is 10.6 Å². The molecule has 0 amide bonds. The van der Waals surface area contributed by atoms with Crippen LogP contribution in [0.4, 0.5) is 4.39 Å². The molecule has 0 radical (unpaired) electrons. The average molecular weight is 502 g/mol. The number of ketones is 1. The minimum Gasteiger partial charge on any atom is -0.458 e. The molecule has 2 aromatic heterocycles. The van der Waals surface area contributed by atoms with Crippen molar-refractivity contribution in [2.24, 2.45) is 11.8 Å². The first-order valence-electron chi connectivity index (χ1n) is 13.0. The Morgan fingerprint density at radius 3 is 2.70 bits per heavy atom. The topological polar surface area (TPSA) is 90.8 Å². The van der Waals surface area contributed by atoms with Crippen LogP contribution in [0.5, 0.6) is 0 Å². The van der Waals surface area contributed by atoms with Crippen LogP contribution in [0.25, 0.3) is 10.6 Å². The molecule has 9 heteroatoms. The molecule has 2 saturated carbocycles. The van der Waals surface area contributed by atoms with Crippen LogP contribution >= 0.6 is 0 Å². The van der Waals surface area contributed by atoms with Crippen LogP contribution < -0.4 is 0 Å². The number of fused-ring (bicyclic) bond motifs is 1. The maximum absolute atomic E-state index is 14.9.